The van der Waals surface area contributed by atoms with Gasteiger partial charge < -0.3 is 4.90 Å². The van der Waals surface area contributed by atoms with Gasteiger partial charge in [-0.25, -0.2) is 0 Å². The third kappa shape index (κ3) is 2.42. The molecule has 1 rings (SSSR count). The van der Waals surface area contributed by atoms with E-state index in [0.29, 0.717) is 11.9 Å². The third-order valence-corrected chi connectivity index (χ3v) is 2.94. The van der Waals surface area contributed by atoms with E-state index < -0.39 is 0 Å². The van der Waals surface area contributed by atoms with Crippen LogP contribution in [0.3, 0.4) is 0 Å². The predicted molar refractivity (Wildman–Crippen MR) is 64.3 cm³/mol. The van der Waals surface area contributed by atoms with Crippen molar-refractivity contribution in [2.75, 3.05) is 11.9 Å². The summed E-state index contributed by atoms with van der Waals surface area (Å²) >= 11 is 5.81. The van der Waals surface area contributed by atoms with E-state index in [1.165, 1.54) is 16.8 Å². The maximum Gasteiger partial charge on any atom is 0.0476 e. The molecule has 78 valence electrons. The van der Waals surface area contributed by atoms with Crippen molar-refractivity contribution >= 4 is 17.3 Å². The fourth-order valence-corrected chi connectivity index (χ4v) is 1.65. The fraction of sp³-hybridized carbons (Fsp3) is 0.500. The van der Waals surface area contributed by atoms with Gasteiger partial charge in [0, 0.05) is 24.7 Å². The van der Waals surface area contributed by atoms with Crippen LogP contribution in [0.25, 0.3) is 0 Å². The van der Waals surface area contributed by atoms with E-state index in [0.717, 1.165) is 0 Å². The Morgan fingerprint density at radius 1 is 1.36 bits per heavy atom. The lowest BCUT2D eigenvalue weighted by Crippen LogP contribution is -2.25. The normalized spacial score (nSPS) is 10.7. The van der Waals surface area contributed by atoms with Gasteiger partial charge in [-0.05, 0) is 44.0 Å². The molecule has 0 fully saturated rings. The highest BCUT2D eigenvalue weighted by Crippen LogP contribution is 2.20. The van der Waals surface area contributed by atoms with Crippen molar-refractivity contribution in [2.24, 2.45) is 0 Å². The fourth-order valence-electron chi connectivity index (χ4n) is 1.35. The average Bonchev–Trinajstić information content (AvgIpc) is 2.16. The van der Waals surface area contributed by atoms with E-state index in [1.807, 2.05) is 0 Å². The van der Waals surface area contributed by atoms with Gasteiger partial charge in [0.15, 0.2) is 0 Å². The summed E-state index contributed by atoms with van der Waals surface area (Å²) in [5, 5.41) is 0. The predicted octanol–water partition coefficient (Wildman–Crippen LogP) is 3.58. The molecule has 0 unspecified atom stereocenters. The summed E-state index contributed by atoms with van der Waals surface area (Å²) in [6.07, 6.45) is 0. The molecule has 1 aromatic carbocycles. The van der Waals surface area contributed by atoms with E-state index in [-0.39, 0.29) is 0 Å². The SMILES string of the molecule is Cc1cc(N(C)C(C)C)ccc1CCl. The average molecular weight is 212 g/mol. The quantitative estimate of drug-likeness (QED) is 0.691. The standard InChI is InChI=1S/C12H18ClN/c1-9(2)14(4)12-6-5-11(8-13)10(3)7-12/h5-7,9H,8H2,1-4H3. The maximum absolute atomic E-state index is 5.81. The van der Waals surface area contributed by atoms with Crippen LogP contribution in [0.15, 0.2) is 18.2 Å². The Hall–Kier alpha value is -0.690. The van der Waals surface area contributed by atoms with Crippen molar-refractivity contribution in [2.45, 2.75) is 32.7 Å². The Morgan fingerprint density at radius 2 is 2.00 bits per heavy atom. The van der Waals surface area contributed by atoms with Crippen molar-refractivity contribution in [3.8, 4) is 0 Å². The van der Waals surface area contributed by atoms with Gasteiger partial charge in [0.2, 0.25) is 0 Å². The molecule has 0 atom stereocenters. The van der Waals surface area contributed by atoms with Crippen molar-refractivity contribution in [3.05, 3.63) is 29.3 Å². The summed E-state index contributed by atoms with van der Waals surface area (Å²) in [4.78, 5) is 2.25. The molecule has 14 heavy (non-hydrogen) atoms. The van der Waals surface area contributed by atoms with Crippen LogP contribution in [0.1, 0.15) is 25.0 Å². The Bertz CT molecular complexity index is 307. The Morgan fingerprint density at radius 3 is 2.43 bits per heavy atom. The first kappa shape index (κ1) is 11.4. The molecule has 0 saturated heterocycles. The minimum Gasteiger partial charge on any atom is -0.372 e. The van der Waals surface area contributed by atoms with Gasteiger partial charge in [0.25, 0.3) is 0 Å². The molecule has 1 nitrogen and oxygen atoms in total. The van der Waals surface area contributed by atoms with Gasteiger partial charge in [0.05, 0.1) is 0 Å². The van der Waals surface area contributed by atoms with Crippen LogP contribution in [0.5, 0.6) is 0 Å². The molecule has 0 radical (unpaired) electrons. The summed E-state index contributed by atoms with van der Waals surface area (Å²) in [6, 6.07) is 6.95. The highest BCUT2D eigenvalue weighted by atomic mass is 35.5. The minimum atomic E-state index is 0.524. The van der Waals surface area contributed by atoms with Gasteiger partial charge in [-0.1, -0.05) is 6.07 Å². The van der Waals surface area contributed by atoms with E-state index in [9.17, 15) is 0 Å². The van der Waals surface area contributed by atoms with Gasteiger partial charge in [0.1, 0.15) is 0 Å². The zero-order valence-corrected chi connectivity index (χ0v) is 10.1. The summed E-state index contributed by atoms with van der Waals surface area (Å²) in [7, 11) is 2.11. The number of aryl methyl sites for hydroxylation is 1. The Labute approximate surface area is 91.7 Å². The maximum atomic E-state index is 5.81. The van der Waals surface area contributed by atoms with Crippen molar-refractivity contribution in [1.29, 1.82) is 0 Å². The lowest BCUT2D eigenvalue weighted by molar-refractivity contribution is 0.754. The van der Waals surface area contributed by atoms with E-state index >= 15 is 0 Å². The number of alkyl halides is 1. The zero-order chi connectivity index (χ0) is 10.7. The number of anilines is 1. The Balaban J connectivity index is 2.96. The van der Waals surface area contributed by atoms with Crippen LogP contribution < -0.4 is 4.90 Å². The summed E-state index contributed by atoms with van der Waals surface area (Å²) < 4.78 is 0. The molecular formula is C12H18ClN. The van der Waals surface area contributed by atoms with E-state index in [4.69, 9.17) is 11.6 Å². The second-order valence-electron chi connectivity index (χ2n) is 3.95. The van der Waals surface area contributed by atoms with Crippen LogP contribution in [-0.2, 0) is 5.88 Å². The highest BCUT2D eigenvalue weighted by Gasteiger charge is 2.06. The number of nitrogens with zero attached hydrogens (tertiary/aromatic N) is 1. The van der Waals surface area contributed by atoms with Crippen LogP contribution in [0.2, 0.25) is 0 Å². The topological polar surface area (TPSA) is 3.24 Å². The third-order valence-electron chi connectivity index (χ3n) is 2.65. The van der Waals surface area contributed by atoms with E-state index in [1.54, 1.807) is 0 Å². The molecule has 2 heteroatoms. The van der Waals surface area contributed by atoms with Crippen LogP contribution in [0, 0.1) is 6.92 Å². The molecule has 0 aliphatic carbocycles. The van der Waals surface area contributed by atoms with E-state index in [2.05, 4.69) is 50.9 Å². The Kier molecular flexibility index (Phi) is 3.82. The molecule has 0 amide bonds. The number of hydrogen-bond acceptors (Lipinski definition) is 1. The molecule has 0 heterocycles. The van der Waals surface area contributed by atoms with Gasteiger partial charge in [-0.2, -0.15) is 0 Å². The number of rotatable bonds is 3. The summed E-state index contributed by atoms with van der Waals surface area (Å²) in [6.45, 7) is 6.48. The smallest absolute Gasteiger partial charge is 0.0476 e. The van der Waals surface area contributed by atoms with Gasteiger partial charge >= 0.3 is 0 Å². The second kappa shape index (κ2) is 4.70. The monoisotopic (exact) mass is 211 g/mol. The van der Waals surface area contributed by atoms with Crippen LogP contribution >= 0.6 is 11.6 Å². The largest absolute Gasteiger partial charge is 0.372 e. The molecule has 0 bridgehead atoms. The molecular weight excluding hydrogens is 194 g/mol. The second-order valence-corrected chi connectivity index (χ2v) is 4.22. The molecule has 0 spiro atoms. The zero-order valence-electron chi connectivity index (χ0n) is 9.34. The first-order valence-electron chi connectivity index (χ1n) is 4.94. The van der Waals surface area contributed by atoms with Crippen LogP contribution in [-0.4, -0.2) is 13.1 Å². The van der Waals surface area contributed by atoms with Crippen molar-refractivity contribution in [1.82, 2.24) is 0 Å². The molecule has 0 N–H and O–H groups in total. The molecule has 0 saturated carbocycles. The summed E-state index contributed by atoms with van der Waals surface area (Å²) in [5.41, 5.74) is 3.74. The molecule has 1 aromatic rings. The van der Waals surface area contributed by atoms with Crippen molar-refractivity contribution in [3.63, 3.8) is 0 Å². The first-order chi connectivity index (χ1) is 6.56. The van der Waals surface area contributed by atoms with Gasteiger partial charge in [-0.3, -0.25) is 0 Å². The molecule has 0 aliphatic rings. The number of benzene rings is 1. The first-order valence-corrected chi connectivity index (χ1v) is 5.48. The summed E-state index contributed by atoms with van der Waals surface area (Å²) in [5.74, 6) is 0.595. The van der Waals surface area contributed by atoms with Crippen molar-refractivity contribution < 1.29 is 0 Å². The number of hydrogen-bond donors (Lipinski definition) is 0. The minimum absolute atomic E-state index is 0.524. The highest BCUT2D eigenvalue weighted by molar-refractivity contribution is 6.17. The molecule has 0 aliphatic heterocycles. The van der Waals surface area contributed by atoms with Crippen LogP contribution in [0.4, 0.5) is 5.69 Å². The molecule has 0 aromatic heterocycles. The lowest BCUT2D eigenvalue weighted by Gasteiger charge is -2.24. The van der Waals surface area contributed by atoms with Gasteiger partial charge in [-0.15, -0.1) is 11.6 Å². The lowest BCUT2D eigenvalue weighted by atomic mass is 10.1. The number of halogens is 1.